The summed E-state index contributed by atoms with van der Waals surface area (Å²) < 4.78 is 5.23. The van der Waals surface area contributed by atoms with Crippen molar-refractivity contribution in [3.05, 3.63) is 55.1 Å². The van der Waals surface area contributed by atoms with Crippen LogP contribution >= 0.6 is 15.9 Å². The molecule has 0 unspecified atom stereocenters. The SMILES string of the molecule is CC(C)Cn1c(NN=Cc2ccc(Br)cc2)nc2c1c(=O)n(C)c(=O)n2C. The summed E-state index contributed by atoms with van der Waals surface area (Å²) in [7, 11) is 3.07. The van der Waals surface area contributed by atoms with Crippen LogP contribution in [0, 0.1) is 5.92 Å². The van der Waals surface area contributed by atoms with Gasteiger partial charge in [0.1, 0.15) is 0 Å². The van der Waals surface area contributed by atoms with Crippen molar-refractivity contribution in [2.75, 3.05) is 5.43 Å². The molecular formula is C18H21BrN6O2. The third-order valence-electron chi connectivity index (χ3n) is 4.14. The molecule has 2 heterocycles. The van der Waals surface area contributed by atoms with E-state index in [-0.39, 0.29) is 11.5 Å². The van der Waals surface area contributed by atoms with E-state index in [2.05, 4.69) is 31.4 Å². The third-order valence-corrected chi connectivity index (χ3v) is 4.67. The number of hydrogen-bond acceptors (Lipinski definition) is 5. The number of rotatable bonds is 5. The molecule has 0 amide bonds. The van der Waals surface area contributed by atoms with Gasteiger partial charge in [-0.05, 0) is 23.6 Å². The summed E-state index contributed by atoms with van der Waals surface area (Å²) >= 11 is 3.39. The number of nitrogens with one attached hydrogen (secondary N) is 1. The molecule has 0 spiro atoms. The Morgan fingerprint density at radius 3 is 2.48 bits per heavy atom. The quantitative estimate of drug-likeness (QED) is 0.494. The zero-order valence-corrected chi connectivity index (χ0v) is 17.2. The molecule has 0 saturated heterocycles. The predicted molar refractivity (Wildman–Crippen MR) is 110 cm³/mol. The molecule has 0 aliphatic carbocycles. The second-order valence-corrected chi connectivity index (χ2v) is 7.66. The summed E-state index contributed by atoms with van der Waals surface area (Å²) in [6, 6.07) is 7.70. The standard InChI is InChI=1S/C18H21BrN6O2/c1-11(2)10-25-14-15(23(3)18(27)24(4)16(14)26)21-17(25)22-20-9-12-5-7-13(19)8-6-12/h5-9,11H,10H2,1-4H3,(H,21,22). The average molecular weight is 433 g/mol. The van der Waals surface area contributed by atoms with Crippen molar-refractivity contribution in [3.63, 3.8) is 0 Å². The topological polar surface area (TPSA) is 86.2 Å². The van der Waals surface area contributed by atoms with Crippen molar-refractivity contribution < 1.29 is 0 Å². The Balaban J connectivity index is 2.07. The van der Waals surface area contributed by atoms with Crippen LogP contribution in [0.3, 0.4) is 0 Å². The Kier molecular flexibility index (Phi) is 5.31. The molecule has 8 nitrogen and oxygen atoms in total. The van der Waals surface area contributed by atoms with Gasteiger partial charge in [0, 0.05) is 25.1 Å². The molecule has 0 atom stereocenters. The number of imidazole rings is 1. The van der Waals surface area contributed by atoms with E-state index >= 15 is 0 Å². The number of hydrazone groups is 1. The van der Waals surface area contributed by atoms with Crippen LogP contribution < -0.4 is 16.7 Å². The highest BCUT2D eigenvalue weighted by atomic mass is 79.9. The van der Waals surface area contributed by atoms with Gasteiger partial charge in [-0.15, -0.1) is 0 Å². The first-order valence-corrected chi connectivity index (χ1v) is 9.29. The van der Waals surface area contributed by atoms with Crippen LogP contribution in [0.2, 0.25) is 0 Å². The third kappa shape index (κ3) is 3.73. The molecule has 3 aromatic rings. The van der Waals surface area contributed by atoms with Crippen molar-refractivity contribution >= 4 is 39.3 Å². The maximum Gasteiger partial charge on any atom is 0.332 e. The zero-order valence-electron chi connectivity index (χ0n) is 15.6. The number of aromatic nitrogens is 4. The molecule has 0 radical (unpaired) electrons. The fourth-order valence-electron chi connectivity index (χ4n) is 2.79. The van der Waals surface area contributed by atoms with Crippen LogP contribution in [0.25, 0.3) is 11.2 Å². The van der Waals surface area contributed by atoms with E-state index in [1.165, 1.54) is 11.6 Å². The first-order valence-electron chi connectivity index (χ1n) is 8.50. The Morgan fingerprint density at radius 2 is 1.85 bits per heavy atom. The lowest BCUT2D eigenvalue weighted by molar-refractivity contribution is 0.534. The molecule has 27 heavy (non-hydrogen) atoms. The van der Waals surface area contributed by atoms with E-state index < -0.39 is 5.69 Å². The normalized spacial score (nSPS) is 11.8. The van der Waals surface area contributed by atoms with Crippen molar-refractivity contribution in [2.24, 2.45) is 25.1 Å². The van der Waals surface area contributed by atoms with E-state index in [1.54, 1.807) is 17.8 Å². The lowest BCUT2D eigenvalue weighted by Crippen LogP contribution is -2.37. The Morgan fingerprint density at radius 1 is 1.19 bits per heavy atom. The van der Waals surface area contributed by atoms with Gasteiger partial charge < -0.3 is 4.57 Å². The number of halogens is 1. The zero-order chi connectivity index (χ0) is 19.7. The Hall–Kier alpha value is -2.68. The summed E-state index contributed by atoms with van der Waals surface area (Å²) in [4.78, 5) is 29.3. The van der Waals surface area contributed by atoms with Gasteiger partial charge >= 0.3 is 5.69 Å². The fraction of sp³-hybridized carbons (Fsp3) is 0.333. The Bertz CT molecular complexity index is 1120. The van der Waals surface area contributed by atoms with E-state index in [0.717, 1.165) is 14.6 Å². The van der Waals surface area contributed by atoms with Crippen LogP contribution in [0.1, 0.15) is 19.4 Å². The molecule has 0 aliphatic rings. The predicted octanol–water partition coefficient (Wildman–Crippen LogP) is 2.30. The van der Waals surface area contributed by atoms with Crippen molar-refractivity contribution in [2.45, 2.75) is 20.4 Å². The summed E-state index contributed by atoms with van der Waals surface area (Å²) in [5, 5.41) is 4.24. The van der Waals surface area contributed by atoms with Crippen LogP contribution in [0.4, 0.5) is 5.95 Å². The van der Waals surface area contributed by atoms with Crippen LogP contribution in [-0.2, 0) is 20.6 Å². The second kappa shape index (κ2) is 7.51. The first-order chi connectivity index (χ1) is 12.8. The monoisotopic (exact) mass is 432 g/mol. The number of hydrogen-bond donors (Lipinski definition) is 1. The summed E-state index contributed by atoms with van der Waals surface area (Å²) in [6.45, 7) is 4.67. The van der Waals surface area contributed by atoms with Gasteiger partial charge in [0.2, 0.25) is 5.95 Å². The van der Waals surface area contributed by atoms with Gasteiger partial charge in [-0.25, -0.2) is 10.2 Å². The van der Waals surface area contributed by atoms with Gasteiger partial charge in [0.25, 0.3) is 5.56 Å². The lowest BCUT2D eigenvalue weighted by Gasteiger charge is -2.11. The van der Waals surface area contributed by atoms with Crippen LogP contribution in [0.15, 0.2) is 43.4 Å². The molecule has 142 valence electrons. The molecule has 2 aromatic heterocycles. The van der Waals surface area contributed by atoms with Crippen molar-refractivity contribution in [3.8, 4) is 0 Å². The number of benzene rings is 1. The smallest absolute Gasteiger partial charge is 0.303 e. The molecule has 0 fully saturated rings. The molecule has 0 saturated carbocycles. The highest BCUT2D eigenvalue weighted by molar-refractivity contribution is 9.10. The van der Waals surface area contributed by atoms with Crippen LogP contribution in [0.5, 0.6) is 0 Å². The molecule has 1 N–H and O–H groups in total. The molecule has 0 bridgehead atoms. The van der Waals surface area contributed by atoms with Crippen molar-refractivity contribution in [1.29, 1.82) is 0 Å². The molecule has 1 aromatic carbocycles. The summed E-state index contributed by atoms with van der Waals surface area (Å²) in [5.41, 5.74) is 3.77. The van der Waals surface area contributed by atoms with Gasteiger partial charge in [0.05, 0.1) is 6.21 Å². The minimum absolute atomic E-state index is 0.278. The second-order valence-electron chi connectivity index (χ2n) is 6.74. The molecule has 0 aliphatic heterocycles. The number of aryl methyl sites for hydroxylation is 1. The minimum Gasteiger partial charge on any atom is -0.303 e. The Labute approximate surface area is 164 Å². The van der Waals surface area contributed by atoms with Crippen molar-refractivity contribution in [1.82, 2.24) is 18.7 Å². The van der Waals surface area contributed by atoms with Crippen LogP contribution in [-0.4, -0.2) is 24.9 Å². The maximum atomic E-state index is 12.7. The number of fused-ring (bicyclic) bond motifs is 1. The van der Waals surface area contributed by atoms with Gasteiger partial charge in [0.15, 0.2) is 11.2 Å². The molecular weight excluding hydrogens is 412 g/mol. The highest BCUT2D eigenvalue weighted by Crippen LogP contribution is 2.17. The lowest BCUT2D eigenvalue weighted by atomic mass is 10.2. The average Bonchev–Trinajstić information content (AvgIpc) is 2.98. The molecule has 9 heteroatoms. The fourth-order valence-corrected chi connectivity index (χ4v) is 3.05. The largest absolute Gasteiger partial charge is 0.332 e. The van der Waals surface area contributed by atoms with E-state index in [4.69, 9.17) is 0 Å². The highest BCUT2D eigenvalue weighted by Gasteiger charge is 2.19. The van der Waals surface area contributed by atoms with E-state index in [0.29, 0.717) is 23.7 Å². The maximum absolute atomic E-state index is 12.7. The minimum atomic E-state index is -0.411. The van der Waals surface area contributed by atoms with E-state index in [1.807, 2.05) is 38.1 Å². The van der Waals surface area contributed by atoms with E-state index in [9.17, 15) is 9.59 Å². The summed E-state index contributed by atoms with van der Waals surface area (Å²) in [5.74, 6) is 0.700. The number of anilines is 1. The number of nitrogens with zero attached hydrogens (tertiary/aromatic N) is 5. The van der Waals surface area contributed by atoms with Gasteiger partial charge in [-0.2, -0.15) is 10.1 Å². The first kappa shape index (κ1) is 19.1. The summed E-state index contributed by atoms with van der Waals surface area (Å²) in [6.07, 6.45) is 1.67. The molecule has 3 rings (SSSR count). The van der Waals surface area contributed by atoms with Gasteiger partial charge in [-0.1, -0.05) is 41.9 Å². The van der Waals surface area contributed by atoms with Gasteiger partial charge in [-0.3, -0.25) is 13.9 Å².